The van der Waals surface area contributed by atoms with Gasteiger partial charge >= 0.3 is 0 Å². The van der Waals surface area contributed by atoms with Crippen molar-refractivity contribution >= 4 is 48.9 Å². The van der Waals surface area contributed by atoms with Gasteiger partial charge in [0.1, 0.15) is 24.3 Å². The third-order valence-corrected chi connectivity index (χ3v) is 10.5. The second-order valence-electron chi connectivity index (χ2n) is 10.9. The van der Waals surface area contributed by atoms with E-state index in [1.54, 1.807) is 18.2 Å². The highest BCUT2D eigenvalue weighted by atomic mass is 32.2. The van der Waals surface area contributed by atoms with Gasteiger partial charge in [0, 0.05) is 49.4 Å². The van der Waals surface area contributed by atoms with Gasteiger partial charge in [-0.3, -0.25) is 0 Å². The molecule has 1 unspecified atom stereocenters. The van der Waals surface area contributed by atoms with Gasteiger partial charge in [0.2, 0.25) is 16.0 Å². The first-order valence-electron chi connectivity index (χ1n) is 14.0. The number of aliphatic hydroxyl groups excluding tert-OH is 1. The predicted octanol–water partition coefficient (Wildman–Crippen LogP) is 1.19. The van der Waals surface area contributed by atoms with Crippen LogP contribution in [0.4, 0.5) is 20.5 Å². The highest BCUT2D eigenvalue weighted by molar-refractivity contribution is 7.89. The second kappa shape index (κ2) is 12.0. The van der Waals surface area contributed by atoms with Gasteiger partial charge in [-0.15, -0.1) is 9.19 Å². The zero-order valence-electron chi connectivity index (χ0n) is 24.0. The van der Waals surface area contributed by atoms with Crippen LogP contribution < -0.4 is 10.2 Å². The van der Waals surface area contributed by atoms with Gasteiger partial charge in [-0.25, -0.2) is 44.9 Å². The van der Waals surface area contributed by atoms with Gasteiger partial charge in [-0.2, -0.15) is 4.98 Å². The molecule has 2 aliphatic rings. The van der Waals surface area contributed by atoms with Crippen molar-refractivity contribution in [2.45, 2.75) is 44.5 Å². The Balaban J connectivity index is 1.21. The molecule has 5 heterocycles. The number of piperidine rings is 1. The Bertz CT molecular complexity index is 1940. The summed E-state index contributed by atoms with van der Waals surface area (Å²) in [6.07, 6.45) is 2.60. The van der Waals surface area contributed by atoms with E-state index in [-0.39, 0.29) is 36.5 Å². The second-order valence-corrected chi connectivity index (χ2v) is 14.8. The van der Waals surface area contributed by atoms with Crippen LogP contribution in [0.5, 0.6) is 0 Å². The normalized spacial score (nSPS) is 18.4. The molecule has 6 rings (SSSR count). The summed E-state index contributed by atoms with van der Waals surface area (Å²) in [4.78, 5) is 21.4. The molecule has 15 nitrogen and oxygen atoms in total. The van der Waals surface area contributed by atoms with E-state index in [4.69, 9.17) is 0 Å². The van der Waals surface area contributed by atoms with E-state index in [0.717, 1.165) is 16.7 Å². The van der Waals surface area contributed by atoms with Crippen molar-refractivity contribution in [1.29, 1.82) is 0 Å². The molecule has 2 aliphatic heterocycles. The van der Waals surface area contributed by atoms with Crippen molar-refractivity contribution in [1.82, 2.24) is 38.4 Å². The Morgan fingerprint density at radius 1 is 1.16 bits per heavy atom. The standard InChI is InChI=1S/C26H30F2N10O5S2/c1-44(40,41)36-7-4-18(5-8-36)32-26-30-12-17-11-19(23(27)28)25(39)37(24(17)35-26)13-16-2-3-20-21(10-16)34-22(33-20)6-9-45(42,43)38-15-29-14-31-38/h2-3,10-12,14-15,18,23,25,39H,4-9,13H2,1H3,(H,33,34)(H,30,32,35). The molecule has 1 atom stereocenters. The summed E-state index contributed by atoms with van der Waals surface area (Å²) in [6.45, 7) is 0.705. The maximum absolute atomic E-state index is 13.9. The van der Waals surface area contributed by atoms with E-state index in [9.17, 15) is 30.7 Å². The Kier molecular flexibility index (Phi) is 8.27. The first-order chi connectivity index (χ1) is 21.4. The number of hydrogen-bond acceptors (Lipinski definition) is 12. The number of rotatable bonds is 10. The van der Waals surface area contributed by atoms with E-state index in [1.165, 1.54) is 27.7 Å². The maximum Gasteiger partial charge on any atom is 0.264 e. The quantitative estimate of drug-likeness (QED) is 0.220. The lowest BCUT2D eigenvalue weighted by Crippen LogP contribution is -2.42. The first kappa shape index (κ1) is 30.9. The molecule has 1 fully saturated rings. The number of imidazole rings is 1. The molecular weight excluding hydrogens is 634 g/mol. The molecule has 3 N–H and O–H groups in total. The summed E-state index contributed by atoms with van der Waals surface area (Å²) < 4.78 is 78.6. The van der Waals surface area contributed by atoms with E-state index in [1.807, 2.05) is 0 Å². The van der Waals surface area contributed by atoms with Gasteiger partial charge in [0.25, 0.3) is 16.4 Å². The SMILES string of the molecule is CS(=O)(=O)N1CCC(Nc2ncc3c(n2)N(Cc2ccc4nc(CCS(=O)(=O)n5cncn5)[nH]c4c2)C(O)C(C(F)F)=C3)CC1. The van der Waals surface area contributed by atoms with Crippen LogP contribution >= 0.6 is 0 Å². The van der Waals surface area contributed by atoms with Gasteiger partial charge < -0.3 is 20.3 Å². The van der Waals surface area contributed by atoms with E-state index >= 15 is 0 Å². The fourth-order valence-electron chi connectivity index (χ4n) is 5.37. The van der Waals surface area contributed by atoms with Gasteiger partial charge in [0.15, 0.2) is 6.23 Å². The van der Waals surface area contributed by atoms with E-state index < -0.39 is 38.3 Å². The van der Waals surface area contributed by atoms with Crippen LogP contribution in [0.15, 0.2) is 42.6 Å². The lowest BCUT2D eigenvalue weighted by Gasteiger charge is -2.35. The van der Waals surface area contributed by atoms with Crippen LogP contribution in [0.3, 0.4) is 0 Å². The molecule has 45 heavy (non-hydrogen) atoms. The van der Waals surface area contributed by atoms with Crippen molar-refractivity contribution in [2.75, 3.05) is 35.3 Å². The summed E-state index contributed by atoms with van der Waals surface area (Å²) in [6, 6.07) is 5.11. The van der Waals surface area contributed by atoms with Crippen molar-refractivity contribution < 1.29 is 30.7 Å². The minimum absolute atomic E-state index is 0.00635. The minimum atomic E-state index is -3.71. The predicted molar refractivity (Wildman–Crippen MR) is 160 cm³/mol. The molecule has 4 aromatic rings. The summed E-state index contributed by atoms with van der Waals surface area (Å²) in [5.41, 5.74) is 1.65. The highest BCUT2D eigenvalue weighted by Crippen LogP contribution is 2.35. The fourth-order valence-corrected chi connectivity index (χ4v) is 7.26. The molecule has 19 heteroatoms. The Morgan fingerprint density at radius 3 is 2.62 bits per heavy atom. The summed E-state index contributed by atoms with van der Waals surface area (Å²) in [5.74, 6) is 0.659. The number of aliphatic hydroxyl groups is 1. The van der Waals surface area contributed by atoms with Crippen molar-refractivity contribution in [3.63, 3.8) is 0 Å². The fraction of sp³-hybridized carbons (Fsp3) is 0.423. The molecule has 1 saturated heterocycles. The van der Waals surface area contributed by atoms with Crippen LogP contribution in [-0.2, 0) is 33.0 Å². The number of alkyl halides is 2. The number of aryl methyl sites for hydroxylation is 1. The molecular formula is C26H30F2N10O5S2. The molecule has 1 aromatic carbocycles. The van der Waals surface area contributed by atoms with E-state index in [2.05, 4.69) is 35.3 Å². The monoisotopic (exact) mass is 664 g/mol. The summed E-state index contributed by atoms with van der Waals surface area (Å²) in [5, 5.41) is 17.9. The van der Waals surface area contributed by atoms with Crippen LogP contribution in [0, 0.1) is 0 Å². The third-order valence-electron chi connectivity index (χ3n) is 7.72. The Labute approximate surface area is 257 Å². The third kappa shape index (κ3) is 6.65. The number of anilines is 2. The molecule has 0 amide bonds. The van der Waals surface area contributed by atoms with Crippen LogP contribution in [0.25, 0.3) is 17.1 Å². The van der Waals surface area contributed by atoms with Crippen molar-refractivity contribution in [2.24, 2.45) is 0 Å². The number of aromatic nitrogens is 7. The van der Waals surface area contributed by atoms with Gasteiger partial charge in [0.05, 0.1) is 23.0 Å². The Morgan fingerprint density at radius 2 is 1.93 bits per heavy atom. The average molecular weight is 665 g/mol. The van der Waals surface area contributed by atoms with Crippen LogP contribution in [0.2, 0.25) is 0 Å². The lowest BCUT2D eigenvalue weighted by molar-refractivity contribution is 0.123. The van der Waals surface area contributed by atoms with Gasteiger partial charge in [-0.05, 0) is 36.6 Å². The molecule has 0 saturated carbocycles. The molecule has 0 bridgehead atoms. The van der Waals surface area contributed by atoms with Gasteiger partial charge in [-0.1, -0.05) is 6.07 Å². The first-order valence-corrected chi connectivity index (χ1v) is 17.4. The maximum atomic E-state index is 13.9. The summed E-state index contributed by atoms with van der Waals surface area (Å²) >= 11 is 0. The van der Waals surface area contributed by atoms with Crippen LogP contribution in [-0.4, -0.2) is 104 Å². The largest absolute Gasteiger partial charge is 0.369 e. The molecule has 0 spiro atoms. The number of nitrogens with zero attached hydrogens (tertiary/aromatic N) is 8. The minimum Gasteiger partial charge on any atom is -0.369 e. The molecule has 240 valence electrons. The molecule has 0 radical (unpaired) electrons. The smallest absolute Gasteiger partial charge is 0.264 e. The van der Waals surface area contributed by atoms with Crippen molar-refractivity contribution in [3.05, 3.63) is 59.6 Å². The number of nitrogens with one attached hydrogen (secondary N) is 2. The van der Waals surface area contributed by atoms with E-state index in [0.29, 0.717) is 53.9 Å². The van der Waals surface area contributed by atoms with Crippen molar-refractivity contribution in [3.8, 4) is 0 Å². The topological polar surface area (TPSA) is 192 Å². The highest BCUT2D eigenvalue weighted by Gasteiger charge is 2.34. The number of aromatic amines is 1. The molecule has 0 aliphatic carbocycles. The number of H-pyrrole nitrogens is 1. The number of fused-ring (bicyclic) bond motifs is 2. The number of halogens is 2. The zero-order chi connectivity index (χ0) is 31.9. The Hall–Kier alpha value is -4.07. The van der Waals surface area contributed by atoms with Crippen LogP contribution in [0.1, 0.15) is 29.8 Å². The lowest BCUT2D eigenvalue weighted by atomic mass is 10.0. The number of benzene rings is 1. The average Bonchev–Trinajstić information content (AvgIpc) is 3.68. The zero-order valence-corrected chi connectivity index (χ0v) is 25.6. The number of sulfonamides is 1. The number of hydrogen-bond donors (Lipinski definition) is 3. The molecule has 3 aromatic heterocycles. The summed E-state index contributed by atoms with van der Waals surface area (Å²) in [7, 11) is -6.99.